The summed E-state index contributed by atoms with van der Waals surface area (Å²) in [5, 5.41) is 9.68. The topological polar surface area (TPSA) is 129 Å². The van der Waals surface area contributed by atoms with Gasteiger partial charge < -0.3 is 30.5 Å². The zero-order chi connectivity index (χ0) is 29.0. The first-order valence-electron chi connectivity index (χ1n) is 14.2. The van der Waals surface area contributed by atoms with Crippen LogP contribution in [0.15, 0.2) is 18.5 Å². The molecule has 11 nitrogen and oxygen atoms in total. The first-order chi connectivity index (χ1) is 19.0. The Morgan fingerprint density at radius 1 is 1.05 bits per heavy atom. The van der Waals surface area contributed by atoms with Gasteiger partial charge in [0.25, 0.3) is 0 Å². The van der Waals surface area contributed by atoms with Crippen LogP contribution in [0.2, 0.25) is 0 Å². The molecule has 0 aliphatic carbocycles. The smallest absolute Gasteiger partial charge is 0.247 e. The summed E-state index contributed by atoms with van der Waals surface area (Å²) in [5.74, 6) is 0.528. The lowest BCUT2D eigenvalue weighted by Crippen LogP contribution is -2.59. The molecule has 3 atom stereocenters. The summed E-state index contributed by atoms with van der Waals surface area (Å²) in [6, 6.07) is 1.79. The van der Waals surface area contributed by atoms with Crippen LogP contribution in [0.5, 0.6) is 5.75 Å². The zero-order valence-electron chi connectivity index (χ0n) is 25.0. The number of aromatic nitrogens is 2. The summed E-state index contributed by atoms with van der Waals surface area (Å²) in [6.07, 6.45) is 6.23. The van der Waals surface area contributed by atoms with E-state index in [4.69, 9.17) is 4.74 Å². The minimum Gasteiger partial charge on any atom is -0.494 e. The van der Waals surface area contributed by atoms with E-state index in [-0.39, 0.29) is 30.1 Å². The van der Waals surface area contributed by atoms with Crippen LogP contribution in [-0.4, -0.2) is 84.5 Å². The molecule has 0 bridgehead atoms. The number of fused-ring (bicyclic) bond motifs is 1. The molecule has 1 aromatic carbocycles. The third kappa shape index (κ3) is 7.19. The maximum Gasteiger partial charge on any atom is 0.247 e. The van der Waals surface area contributed by atoms with Gasteiger partial charge in [-0.1, -0.05) is 20.8 Å². The van der Waals surface area contributed by atoms with E-state index in [9.17, 15) is 14.4 Å². The Kier molecular flexibility index (Phi) is 10.8. The van der Waals surface area contributed by atoms with Crippen molar-refractivity contribution in [1.29, 1.82) is 0 Å². The van der Waals surface area contributed by atoms with E-state index >= 15 is 0 Å². The largest absolute Gasteiger partial charge is 0.494 e. The molecule has 2 saturated heterocycles. The summed E-state index contributed by atoms with van der Waals surface area (Å²) in [6.45, 7) is 9.77. The van der Waals surface area contributed by atoms with Crippen molar-refractivity contribution in [3.63, 3.8) is 0 Å². The fourth-order valence-electron chi connectivity index (χ4n) is 5.43. The Bertz CT molecular complexity index is 1250. The van der Waals surface area contributed by atoms with Crippen molar-refractivity contribution in [3.8, 4) is 5.75 Å². The summed E-state index contributed by atoms with van der Waals surface area (Å²) >= 11 is 0. The number of anilines is 2. The molecule has 3 heterocycles. The molecule has 226 valence electrons. The van der Waals surface area contributed by atoms with Crippen molar-refractivity contribution in [2.45, 2.75) is 77.9 Å². The Labute approximate surface area is 248 Å². The lowest BCUT2D eigenvalue weighted by Gasteiger charge is -2.36. The summed E-state index contributed by atoms with van der Waals surface area (Å²) in [4.78, 5) is 53.0. The minimum atomic E-state index is -0.774. The van der Waals surface area contributed by atoms with Crippen molar-refractivity contribution in [3.05, 3.63) is 18.5 Å². The molecule has 2 aromatic rings. The van der Waals surface area contributed by atoms with Crippen LogP contribution >= 0.6 is 12.4 Å². The van der Waals surface area contributed by atoms with E-state index < -0.39 is 23.5 Å². The van der Waals surface area contributed by atoms with Gasteiger partial charge in [-0.2, -0.15) is 0 Å². The number of likely N-dealkylation sites (tertiary alicyclic amines) is 1. The molecule has 0 spiro atoms. The third-order valence-electron chi connectivity index (χ3n) is 7.91. The number of benzene rings is 1. The van der Waals surface area contributed by atoms with E-state index in [0.717, 1.165) is 42.7 Å². The van der Waals surface area contributed by atoms with E-state index in [0.29, 0.717) is 30.8 Å². The quantitative estimate of drug-likeness (QED) is 0.428. The molecule has 1 aromatic heterocycles. The van der Waals surface area contributed by atoms with Gasteiger partial charge >= 0.3 is 0 Å². The van der Waals surface area contributed by atoms with Gasteiger partial charge in [0.1, 0.15) is 30.0 Å². The number of hydrogen-bond acceptors (Lipinski definition) is 8. The molecule has 3 amide bonds. The standard InChI is InChI=1S/C29H43N7O4.ClH/c1-18(30-5)26(37)34-24(29(2,3)4)28(39)36-14-10-11-22(36)27(38)33-21-15-19-20(16-23(21)40-6)31-17-32-25(19)35-12-8-7-9-13-35;/h15-18,22,24,30H,7-14H2,1-6H3,(H,33,38)(H,34,37);1H/t18-,22-,24+;/m0./s1. The van der Waals surface area contributed by atoms with Crippen molar-refractivity contribution < 1.29 is 19.1 Å². The average molecular weight is 590 g/mol. The highest BCUT2D eigenvalue weighted by Gasteiger charge is 2.42. The molecule has 41 heavy (non-hydrogen) atoms. The number of carbonyl (C=O) groups is 3. The second kappa shape index (κ2) is 13.7. The molecule has 2 aliphatic heterocycles. The van der Waals surface area contributed by atoms with Gasteiger partial charge in [0, 0.05) is 31.1 Å². The fraction of sp³-hybridized carbons (Fsp3) is 0.621. The third-order valence-corrected chi connectivity index (χ3v) is 7.91. The lowest BCUT2D eigenvalue weighted by atomic mass is 9.85. The number of ether oxygens (including phenoxy) is 1. The van der Waals surface area contributed by atoms with Gasteiger partial charge in [0.15, 0.2) is 0 Å². The Morgan fingerprint density at radius 2 is 1.76 bits per heavy atom. The number of rotatable bonds is 8. The fourth-order valence-corrected chi connectivity index (χ4v) is 5.43. The minimum absolute atomic E-state index is 0. The van der Waals surface area contributed by atoms with Crippen LogP contribution in [0.3, 0.4) is 0 Å². The van der Waals surface area contributed by atoms with Gasteiger partial charge in [-0.25, -0.2) is 9.97 Å². The van der Waals surface area contributed by atoms with E-state index in [1.165, 1.54) is 6.42 Å². The number of amides is 3. The van der Waals surface area contributed by atoms with Crippen molar-refractivity contribution in [2.75, 3.05) is 44.0 Å². The zero-order valence-corrected chi connectivity index (χ0v) is 25.8. The number of methoxy groups -OCH3 is 1. The van der Waals surface area contributed by atoms with Gasteiger partial charge in [-0.3, -0.25) is 14.4 Å². The van der Waals surface area contributed by atoms with Gasteiger partial charge in [0.05, 0.1) is 24.4 Å². The summed E-state index contributed by atoms with van der Waals surface area (Å²) in [7, 11) is 3.25. The van der Waals surface area contributed by atoms with Crippen LogP contribution in [0.4, 0.5) is 11.5 Å². The highest BCUT2D eigenvalue weighted by atomic mass is 35.5. The Hall–Kier alpha value is -3.18. The first kappa shape index (κ1) is 32.3. The molecular formula is C29H44ClN7O4. The molecular weight excluding hydrogens is 546 g/mol. The lowest BCUT2D eigenvalue weighted by molar-refractivity contribution is -0.143. The molecule has 2 aliphatic rings. The predicted molar refractivity (Wildman–Crippen MR) is 163 cm³/mol. The maximum absolute atomic E-state index is 13.8. The molecule has 0 saturated carbocycles. The number of carbonyl (C=O) groups excluding carboxylic acids is 3. The van der Waals surface area contributed by atoms with Crippen molar-refractivity contribution in [2.24, 2.45) is 5.41 Å². The predicted octanol–water partition coefficient (Wildman–Crippen LogP) is 3.12. The van der Waals surface area contributed by atoms with Gasteiger partial charge in [0.2, 0.25) is 17.7 Å². The number of hydrogen-bond donors (Lipinski definition) is 3. The van der Waals surface area contributed by atoms with Crippen LogP contribution in [0, 0.1) is 5.41 Å². The molecule has 0 unspecified atom stereocenters. The van der Waals surface area contributed by atoms with Crippen LogP contribution in [0.1, 0.15) is 59.8 Å². The average Bonchev–Trinajstić information content (AvgIpc) is 3.44. The van der Waals surface area contributed by atoms with Gasteiger partial charge in [-0.15, -0.1) is 12.4 Å². The highest BCUT2D eigenvalue weighted by Crippen LogP contribution is 2.35. The van der Waals surface area contributed by atoms with Crippen molar-refractivity contribution >= 4 is 52.5 Å². The number of halogens is 1. The summed E-state index contributed by atoms with van der Waals surface area (Å²) in [5.41, 5.74) is 0.703. The molecule has 12 heteroatoms. The van der Waals surface area contributed by atoms with Gasteiger partial charge in [-0.05, 0) is 57.6 Å². The molecule has 2 fully saturated rings. The van der Waals surface area contributed by atoms with Crippen LogP contribution in [0.25, 0.3) is 10.9 Å². The van der Waals surface area contributed by atoms with E-state index in [1.54, 1.807) is 32.3 Å². The Morgan fingerprint density at radius 3 is 2.39 bits per heavy atom. The number of nitrogens with zero attached hydrogens (tertiary/aromatic N) is 4. The Balaban J connectivity index is 0.00000462. The van der Waals surface area contributed by atoms with E-state index in [2.05, 4.69) is 30.8 Å². The second-order valence-electron chi connectivity index (χ2n) is 11.8. The van der Waals surface area contributed by atoms with Crippen LogP contribution in [-0.2, 0) is 14.4 Å². The SMILES string of the molecule is CN[C@@H](C)C(=O)N[C@H](C(=O)N1CCC[C@H]1C(=O)Nc1cc2c(N3CCCCC3)ncnc2cc1OC)C(C)(C)C.Cl. The summed E-state index contributed by atoms with van der Waals surface area (Å²) < 4.78 is 5.61. The maximum atomic E-state index is 13.8. The first-order valence-corrected chi connectivity index (χ1v) is 14.2. The monoisotopic (exact) mass is 589 g/mol. The normalized spacial score (nSPS) is 18.8. The molecule has 0 radical (unpaired) electrons. The van der Waals surface area contributed by atoms with Crippen LogP contribution < -0.4 is 25.6 Å². The van der Waals surface area contributed by atoms with E-state index in [1.807, 2.05) is 32.9 Å². The van der Waals surface area contributed by atoms with Crippen molar-refractivity contribution in [1.82, 2.24) is 25.5 Å². The second-order valence-corrected chi connectivity index (χ2v) is 11.8. The number of piperidine rings is 1. The number of likely N-dealkylation sites (N-methyl/N-ethyl adjacent to an activating group) is 1. The number of nitrogens with one attached hydrogen (secondary N) is 3. The highest BCUT2D eigenvalue weighted by molar-refractivity contribution is 6.03. The molecule has 3 N–H and O–H groups in total. The molecule has 4 rings (SSSR count).